The normalized spacial score (nSPS) is 17.3. The average molecular weight is 444 g/mol. The Labute approximate surface area is 183 Å². The van der Waals surface area contributed by atoms with Gasteiger partial charge in [-0.15, -0.1) is 0 Å². The van der Waals surface area contributed by atoms with Crippen molar-refractivity contribution < 1.29 is 22.5 Å². The largest absolute Gasteiger partial charge is 0.416 e. The Morgan fingerprint density at radius 2 is 2.00 bits per heavy atom. The number of aryl methyl sites for hydroxylation is 1. The SMILES string of the molecule is Cc1ccc(-c2noc(CN3CCCC(C(=O)Nc4cccc(C(F)(F)F)c4)C3)n2)cc1. The van der Waals surface area contributed by atoms with Crippen molar-refractivity contribution >= 4 is 11.6 Å². The quantitative estimate of drug-likeness (QED) is 0.605. The number of amides is 1. The van der Waals surface area contributed by atoms with E-state index in [1.54, 1.807) is 0 Å². The topological polar surface area (TPSA) is 71.3 Å². The van der Waals surface area contributed by atoms with Crippen molar-refractivity contribution in [3.05, 3.63) is 65.5 Å². The standard InChI is InChI=1S/C23H23F3N4O2/c1-15-7-9-16(10-8-15)21-28-20(32-29-21)14-30-11-3-4-17(13-30)22(31)27-19-6-2-5-18(12-19)23(24,25)26/h2,5-10,12,17H,3-4,11,13-14H2,1H3,(H,27,31). The molecule has 1 aromatic heterocycles. The molecule has 1 N–H and O–H groups in total. The smallest absolute Gasteiger partial charge is 0.338 e. The van der Waals surface area contributed by atoms with Crippen LogP contribution in [0.2, 0.25) is 0 Å². The van der Waals surface area contributed by atoms with E-state index >= 15 is 0 Å². The Hall–Kier alpha value is -3.20. The minimum atomic E-state index is -4.45. The van der Waals surface area contributed by atoms with E-state index in [0.717, 1.165) is 36.2 Å². The van der Waals surface area contributed by atoms with Gasteiger partial charge in [-0.3, -0.25) is 9.69 Å². The van der Waals surface area contributed by atoms with E-state index in [0.29, 0.717) is 31.2 Å². The highest BCUT2D eigenvalue weighted by Crippen LogP contribution is 2.31. The van der Waals surface area contributed by atoms with Crippen LogP contribution in [0.3, 0.4) is 0 Å². The monoisotopic (exact) mass is 444 g/mol. The van der Waals surface area contributed by atoms with Gasteiger partial charge in [-0.2, -0.15) is 18.2 Å². The highest BCUT2D eigenvalue weighted by atomic mass is 19.4. The molecule has 3 aromatic rings. The molecule has 1 aliphatic rings. The Balaban J connectivity index is 1.36. The molecule has 0 bridgehead atoms. The number of nitrogens with zero attached hydrogens (tertiary/aromatic N) is 3. The summed E-state index contributed by atoms with van der Waals surface area (Å²) in [6.45, 7) is 3.65. The zero-order valence-electron chi connectivity index (χ0n) is 17.5. The van der Waals surface area contributed by atoms with E-state index in [4.69, 9.17) is 4.52 Å². The first kappa shape index (κ1) is 22.0. The number of anilines is 1. The van der Waals surface area contributed by atoms with Crippen LogP contribution < -0.4 is 5.32 Å². The fraction of sp³-hybridized carbons (Fsp3) is 0.348. The maximum absolute atomic E-state index is 12.9. The van der Waals surface area contributed by atoms with Crippen molar-refractivity contribution in [1.29, 1.82) is 0 Å². The lowest BCUT2D eigenvalue weighted by atomic mass is 9.97. The van der Waals surface area contributed by atoms with Gasteiger partial charge in [0.2, 0.25) is 17.6 Å². The Bertz CT molecular complexity index is 1080. The number of carbonyl (C=O) groups is 1. The molecular formula is C23H23F3N4O2. The lowest BCUT2D eigenvalue weighted by molar-refractivity contribution is -0.137. The third-order valence-corrected chi connectivity index (χ3v) is 5.47. The number of aromatic nitrogens is 2. The average Bonchev–Trinajstić information content (AvgIpc) is 3.22. The molecule has 168 valence electrons. The van der Waals surface area contributed by atoms with Crippen LogP contribution in [0.1, 0.15) is 29.9 Å². The second kappa shape index (κ2) is 9.12. The lowest BCUT2D eigenvalue weighted by Gasteiger charge is -2.30. The van der Waals surface area contributed by atoms with Crippen LogP contribution in [0.4, 0.5) is 18.9 Å². The molecule has 6 nitrogen and oxygen atoms in total. The number of hydrogen-bond acceptors (Lipinski definition) is 5. The zero-order chi connectivity index (χ0) is 22.7. The number of carbonyl (C=O) groups excluding carboxylic acids is 1. The maximum Gasteiger partial charge on any atom is 0.416 e. The van der Waals surface area contributed by atoms with Gasteiger partial charge in [0.25, 0.3) is 0 Å². The molecule has 2 aromatic carbocycles. The third-order valence-electron chi connectivity index (χ3n) is 5.47. The molecule has 1 amide bonds. The number of likely N-dealkylation sites (tertiary alicyclic amines) is 1. The fourth-order valence-corrected chi connectivity index (χ4v) is 3.76. The highest BCUT2D eigenvalue weighted by Gasteiger charge is 2.31. The maximum atomic E-state index is 12.9. The first-order valence-corrected chi connectivity index (χ1v) is 10.4. The van der Waals surface area contributed by atoms with E-state index in [1.165, 1.54) is 12.1 Å². The van der Waals surface area contributed by atoms with E-state index < -0.39 is 11.7 Å². The minimum Gasteiger partial charge on any atom is -0.338 e. The molecule has 1 saturated heterocycles. The number of halogens is 3. The highest BCUT2D eigenvalue weighted by molar-refractivity contribution is 5.92. The van der Waals surface area contributed by atoms with Crippen LogP contribution in [-0.2, 0) is 17.5 Å². The van der Waals surface area contributed by atoms with Crippen LogP contribution >= 0.6 is 0 Å². The van der Waals surface area contributed by atoms with Crippen molar-refractivity contribution in [2.75, 3.05) is 18.4 Å². The molecule has 1 fully saturated rings. The first-order chi connectivity index (χ1) is 15.3. The summed E-state index contributed by atoms with van der Waals surface area (Å²) in [6.07, 6.45) is -3.00. The summed E-state index contributed by atoms with van der Waals surface area (Å²) in [7, 11) is 0. The van der Waals surface area contributed by atoms with Gasteiger partial charge in [-0.1, -0.05) is 41.1 Å². The first-order valence-electron chi connectivity index (χ1n) is 10.4. The van der Waals surface area contributed by atoms with Crippen LogP contribution in [-0.4, -0.2) is 34.0 Å². The Morgan fingerprint density at radius 1 is 1.22 bits per heavy atom. The number of rotatable bonds is 5. The van der Waals surface area contributed by atoms with Crippen LogP contribution in [0.5, 0.6) is 0 Å². The minimum absolute atomic E-state index is 0.140. The van der Waals surface area contributed by atoms with Gasteiger partial charge in [-0.25, -0.2) is 0 Å². The summed E-state index contributed by atoms with van der Waals surface area (Å²) < 4.78 is 44.1. The number of benzene rings is 2. The van der Waals surface area contributed by atoms with Crippen molar-refractivity contribution in [3.8, 4) is 11.4 Å². The summed E-state index contributed by atoms with van der Waals surface area (Å²) in [5, 5.41) is 6.66. The van der Waals surface area contributed by atoms with Gasteiger partial charge < -0.3 is 9.84 Å². The fourth-order valence-electron chi connectivity index (χ4n) is 3.76. The van der Waals surface area contributed by atoms with Crippen molar-refractivity contribution in [3.63, 3.8) is 0 Å². The summed E-state index contributed by atoms with van der Waals surface area (Å²) in [5.41, 5.74) is 1.35. The predicted molar refractivity (Wildman–Crippen MR) is 113 cm³/mol. The van der Waals surface area contributed by atoms with Gasteiger partial charge in [0.15, 0.2) is 0 Å². The van der Waals surface area contributed by atoms with Crippen molar-refractivity contribution in [1.82, 2.24) is 15.0 Å². The molecule has 1 aliphatic heterocycles. The molecule has 9 heteroatoms. The van der Waals surface area contributed by atoms with Crippen LogP contribution in [0.15, 0.2) is 53.1 Å². The molecule has 32 heavy (non-hydrogen) atoms. The third kappa shape index (κ3) is 5.34. The van der Waals surface area contributed by atoms with E-state index in [1.807, 2.05) is 36.1 Å². The zero-order valence-corrected chi connectivity index (χ0v) is 17.5. The summed E-state index contributed by atoms with van der Waals surface area (Å²) in [4.78, 5) is 19.2. The summed E-state index contributed by atoms with van der Waals surface area (Å²) in [6, 6.07) is 12.5. The molecule has 0 aliphatic carbocycles. The van der Waals surface area contributed by atoms with Crippen LogP contribution in [0.25, 0.3) is 11.4 Å². The summed E-state index contributed by atoms with van der Waals surface area (Å²) >= 11 is 0. The van der Waals surface area contributed by atoms with Crippen molar-refractivity contribution in [2.24, 2.45) is 5.92 Å². The Kier molecular flexibility index (Phi) is 6.27. The summed E-state index contributed by atoms with van der Waals surface area (Å²) in [5.74, 6) is 0.341. The van der Waals surface area contributed by atoms with Crippen LogP contribution in [0, 0.1) is 12.8 Å². The van der Waals surface area contributed by atoms with Gasteiger partial charge >= 0.3 is 6.18 Å². The number of hydrogen-bond donors (Lipinski definition) is 1. The van der Waals surface area contributed by atoms with Crippen molar-refractivity contribution in [2.45, 2.75) is 32.5 Å². The van der Waals surface area contributed by atoms with Gasteiger partial charge in [0, 0.05) is 17.8 Å². The van der Waals surface area contributed by atoms with E-state index in [-0.39, 0.29) is 17.5 Å². The molecule has 0 spiro atoms. The molecule has 1 atom stereocenters. The molecule has 2 heterocycles. The molecule has 1 unspecified atom stereocenters. The second-order valence-electron chi connectivity index (χ2n) is 8.02. The van der Waals surface area contributed by atoms with E-state index in [9.17, 15) is 18.0 Å². The molecule has 0 radical (unpaired) electrons. The van der Waals surface area contributed by atoms with E-state index in [2.05, 4.69) is 15.5 Å². The number of piperidine rings is 1. The number of nitrogens with one attached hydrogen (secondary N) is 1. The predicted octanol–water partition coefficient (Wildman–Crippen LogP) is 4.91. The van der Waals surface area contributed by atoms with Gasteiger partial charge in [-0.05, 0) is 44.5 Å². The van der Waals surface area contributed by atoms with Gasteiger partial charge in [0.1, 0.15) is 0 Å². The second-order valence-corrected chi connectivity index (χ2v) is 8.02. The molecule has 0 saturated carbocycles. The number of alkyl halides is 3. The molecular weight excluding hydrogens is 421 g/mol. The molecule has 4 rings (SSSR count). The Morgan fingerprint density at radius 3 is 2.75 bits per heavy atom. The van der Waals surface area contributed by atoms with Gasteiger partial charge in [0.05, 0.1) is 18.0 Å². The lowest BCUT2D eigenvalue weighted by Crippen LogP contribution is -2.40.